The van der Waals surface area contributed by atoms with Crippen LogP contribution in [0.4, 0.5) is 0 Å². The Labute approximate surface area is 267 Å². The first-order valence-electron chi connectivity index (χ1n) is 14.1. The smallest absolute Gasteiger partial charge is 0.338 e. The SMILES string of the molecule is CCCC1=C(C(=O)OCC)[C@@H](c2ccc(OC)c(Br)c2)n2c(s/c(=C/c3ccc(OCc4ccccc4C#N)cc3)c2=O)=N1. The van der Waals surface area contributed by atoms with Gasteiger partial charge in [-0.25, -0.2) is 9.79 Å². The van der Waals surface area contributed by atoms with Crippen LogP contribution in [-0.4, -0.2) is 24.3 Å². The van der Waals surface area contributed by atoms with Crippen LogP contribution in [0.15, 0.2) is 92.3 Å². The number of carbonyl (C=O) groups is 1. The van der Waals surface area contributed by atoms with E-state index in [1.807, 2.05) is 67.6 Å². The molecule has 0 radical (unpaired) electrons. The largest absolute Gasteiger partial charge is 0.496 e. The van der Waals surface area contributed by atoms with Crippen LogP contribution in [0, 0.1) is 11.3 Å². The Morgan fingerprint density at radius 2 is 1.91 bits per heavy atom. The normalized spacial score (nSPS) is 14.4. The molecule has 1 atom stereocenters. The van der Waals surface area contributed by atoms with Crippen molar-refractivity contribution in [2.75, 3.05) is 13.7 Å². The molecule has 0 amide bonds. The van der Waals surface area contributed by atoms with E-state index in [0.29, 0.717) is 48.6 Å². The van der Waals surface area contributed by atoms with Crippen molar-refractivity contribution in [2.24, 2.45) is 4.99 Å². The Morgan fingerprint density at radius 1 is 1.14 bits per heavy atom. The molecule has 2 heterocycles. The van der Waals surface area contributed by atoms with Crippen LogP contribution in [0.1, 0.15) is 55.0 Å². The number of ether oxygens (including phenoxy) is 3. The number of methoxy groups -OCH3 is 1. The fraction of sp³-hybridized carbons (Fsp3) is 0.235. The molecular formula is C34H30BrN3O5S. The second kappa shape index (κ2) is 13.9. The first-order chi connectivity index (χ1) is 21.4. The average Bonchev–Trinajstić information content (AvgIpc) is 3.34. The number of allylic oxidation sites excluding steroid dienone is 1. The average molecular weight is 673 g/mol. The lowest BCUT2D eigenvalue weighted by molar-refractivity contribution is -0.139. The summed E-state index contributed by atoms with van der Waals surface area (Å²) in [6, 6.07) is 21.7. The second-order valence-electron chi connectivity index (χ2n) is 9.93. The number of fused-ring (bicyclic) bond motifs is 1. The van der Waals surface area contributed by atoms with Crippen molar-refractivity contribution < 1.29 is 19.0 Å². The quantitative estimate of drug-likeness (QED) is 0.198. The molecule has 44 heavy (non-hydrogen) atoms. The maximum Gasteiger partial charge on any atom is 0.338 e. The lowest BCUT2D eigenvalue weighted by Crippen LogP contribution is -2.40. The summed E-state index contributed by atoms with van der Waals surface area (Å²) in [6.45, 7) is 4.25. The number of rotatable bonds is 10. The molecule has 0 saturated carbocycles. The van der Waals surface area contributed by atoms with Crippen molar-refractivity contribution in [3.63, 3.8) is 0 Å². The van der Waals surface area contributed by atoms with Gasteiger partial charge in [0.05, 0.1) is 51.7 Å². The summed E-state index contributed by atoms with van der Waals surface area (Å²) in [6.07, 6.45) is 3.15. The molecule has 5 rings (SSSR count). The van der Waals surface area contributed by atoms with Crippen LogP contribution in [0.5, 0.6) is 11.5 Å². The monoisotopic (exact) mass is 671 g/mol. The zero-order valence-electron chi connectivity index (χ0n) is 24.5. The number of nitrogens with zero attached hydrogens (tertiary/aromatic N) is 3. The number of esters is 1. The molecule has 10 heteroatoms. The fourth-order valence-corrected chi connectivity index (χ4v) is 6.60. The van der Waals surface area contributed by atoms with Gasteiger partial charge in [-0.05, 0) is 76.8 Å². The van der Waals surface area contributed by atoms with Gasteiger partial charge in [-0.2, -0.15) is 5.26 Å². The number of hydrogen-bond acceptors (Lipinski definition) is 8. The zero-order chi connectivity index (χ0) is 31.2. The second-order valence-corrected chi connectivity index (χ2v) is 11.8. The molecule has 8 nitrogen and oxygen atoms in total. The van der Waals surface area contributed by atoms with E-state index in [2.05, 4.69) is 22.0 Å². The number of halogens is 1. The molecule has 0 spiro atoms. The highest BCUT2D eigenvalue weighted by Gasteiger charge is 2.34. The summed E-state index contributed by atoms with van der Waals surface area (Å²) >= 11 is 4.84. The van der Waals surface area contributed by atoms with Gasteiger partial charge in [-0.3, -0.25) is 9.36 Å². The number of thiazole rings is 1. The Morgan fingerprint density at radius 3 is 2.59 bits per heavy atom. The number of carbonyl (C=O) groups excluding carboxylic acids is 1. The Hall–Kier alpha value is -4.46. The molecule has 0 fully saturated rings. The van der Waals surface area contributed by atoms with Crippen molar-refractivity contribution in [1.82, 2.24) is 4.57 Å². The van der Waals surface area contributed by atoms with E-state index < -0.39 is 12.0 Å². The van der Waals surface area contributed by atoms with E-state index in [4.69, 9.17) is 19.2 Å². The molecular weight excluding hydrogens is 642 g/mol. The third-order valence-electron chi connectivity index (χ3n) is 7.09. The van der Waals surface area contributed by atoms with E-state index in [-0.39, 0.29) is 18.8 Å². The van der Waals surface area contributed by atoms with Gasteiger partial charge in [0.2, 0.25) is 0 Å². The summed E-state index contributed by atoms with van der Waals surface area (Å²) in [5.74, 6) is 0.793. The summed E-state index contributed by atoms with van der Waals surface area (Å²) in [7, 11) is 1.58. The van der Waals surface area contributed by atoms with Crippen LogP contribution >= 0.6 is 27.3 Å². The number of hydrogen-bond donors (Lipinski definition) is 0. The lowest BCUT2D eigenvalue weighted by atomic mass is 9.94. The molecule has 224 valence electrons. The van der Waals surface area contributed by atoms with Gasteiger partial charge in [0.1, 0.15) is 18.1 Å². The third-order valence-corrected chi connectivity index (χ3v) is 8.70. The molecule has 0 saturated heterocycles. The summed E-state index contributed by atoms with van der Waals surface area (Å²) in [5.41, 5.74) is 3.66. The topological polar surface area (TPSA) is 103 Å². The van der Waals surface area contributed by atoms with Crippen LogP contribution < -0.4 is 24.4 Å². The highest BCUT2D eigenvalue weighted by atomic mass is 79.9. The highest BCUT2D eigenvalue weighted by Crippen LogP contribution is 2.36. The van der Waals surface area contributed by atoms with Crippen LogP contribution in [0.2, 0.25) is 0 Å². The first kappa shape index (κ1) is 31.0. The summed E-state index contributed by atoms with van der Waals surface area (Å²) < 4.78 is 19.6. The van der Waals surface area contributed by atoms with Gasteiger partial charge >= 0.3 is 5.97 Å². The minimum absolute atomic E-state index is 0.204. The van der Waals surface area contributed by atoms with Crippen LogP contribution in [-0.2, 0) is 16.1 Å². The van der Waals surface area contributed by atoms with E-state index >= 15 is 0 Å². The first-order valence-corrected chi connectivity index (χ1v) is 15.8. The van der Waals surface area contributed by atoms with E-state index in [1.54, 1.807) is 30.7 Å². The van der Waals surface area contributed by atoms with Gasteiger partial charge < -0.3 is 14.2 Å². The molecule has 0 N–H and O–H groups in total. The van der Waals surface area contributed by atoms with Crippen molar-refractivity contribution >= 4 is 39.3 Å². The predicted molar refractivity (Wildman–Crippen MR) is 172 cm³/mol. The number of aromatic nitrogens is 1. The minimum Gasteiger partial charge on any atom is -0.496 e. The molecule has 3 aromatic carbocycles. The Bertz CT molecular complexity index is 1950. The molecule has 1 aliphatic rings. The van der Waals surface area contributed by atoms with Crippen LogP contribution in [0.25, 0.3) is 6.08 Å². The van der Waals surface area contributed by atoms with Crippen LogP contribution in [0.3, 0.4) is 0 Å². The van der Waals surface area contributed by atoms with Crippen molar-refractivity contribution in [1.29, 1.82) is 5.26 Å². The van der Waals surface area contributed by atoms with Crippen molar-refractivity contribution in [3.8, 4) is 17.6 Å². The lowest BCUT2D eigenvalue weighted by Gasteiger charge is -2.26. The molecule has 0 unspecified atom stereocenters. The van der Waals surface area contributed by atoms with Gasteiger partial charge in [-0.1, -0.05) is 61.1 Å². The molecule has 1 aromatic heterocycles. The van der Waals surface area contributed by atoms with Gasteiger partial charge in [0, 0.05) is 5.56 Å². The van der Waals surface area contributed by atoms with E-state index in [9.17, 15) is 14.9 Å². The zero-order valence-corrected chi connectivity index (χ0v) is 26.9. The summed E-state index contributed by atoms with van der Waals surface area (Å²) in [4.78, 5) is 32.7. The summed E-state index contributed by atoms with van der Waals surface area (Å²) in [5, 5.41) is 9.32. The highest BCUT2D eigenvalue weighted by molar-refractivity contribution is 9.10. The Kier molecular flexibility index (Phi) is 9.78. The predicted octanol–water partition coefficient (Wildman–Crippen LogP) is 5.80. The Balaban J connectivity index is 1.55. The van der Waals surface area contributed by atoms with E-state index in [1.165, 1.54) is 11.3 Å². The molecule has 4 aromatic rings. The number of nitriles is 1. The maximum absolute atomic E-state index is 14.0. The van der Waals surface area contributed by atoms with Crippen molar-refractivity contribution in [2.45, 2.75) is 39.3 Å². The van der Waals surface area contributed by atoms with Gasteiger partial charge in [-0.15, -0.1) is 0 Å². The molecule has 1 aliphatic heterocycles. The standard InChI is InChI=1S/C34H30BrN3O5S/c1-4-8-27-30(33(40)42-5-2)31(22-13-16-28(41-3)26(35)18-22)38-32(39)29(44-34(38)37-27)17-21-11-14-25(15-12-21)43-20-24-10-7-6-9-23(24)19-36/h6-7,9-18,31H,4-5,8,20H2,1-3H3/b29-17+/t31-/m1/s1. The van der Waals surface area contributed by atoms with Gasteiger partial charge in [0.15, 0.2) is 4.80 Å². The maximum atomic E-state index is 14.0. The number of benzene rings is 3. The molecule has 0 aliphatic carbocycles. The van der Waals surface area contributed by atoms with E-state index in [0.717, 1.165) is 23.1 Å². The minimum atomic E-state index is -0.719. The molecule has 0 bridgehead atoms. The third kappa shape index (κ3) is 6.39. The van der Waals surface area contributed by atoms with Crippen molar-refractivity contribution in [3.05, 3.63) is 124 Å². The van der Waals surface area contributed by atoms with Gasteiger partial charge in [0.25, 0.3) is 5.56 Å². The fourth-order valence-electron chi connectivity index (χ4n) is 5.02.